The summed E-state index contributed by atoms with van der Waals surface area (Å²) in [6.45, 7) is -0.0969. The number of amides is 2. The second-order valence-electron chi connectivity index (χ2n) is 7.26. The number of hydrogen-bond acceptors (Lipinski definition) is 7. The van der Waals surface area contributed by atoms with Crippen molar-refractivity contribution in [1.82, 2.24) is 30.0 Å². The number of rotatable bonds is 7. The van der Waals surface area contributed by atoms with Crippen LogP contribution in [0.4, 0.5) is 5.13 Å². The van der Waals surface area contributed by atoms with Crippen LogP contribution in [0, 0.1) is 5.92 Å². The van der Waals surface area contributed by atoms with E-state index < -0.39 is 0 Å². The van der Waals surface area contributed by atoms with Gasteiger partial charge in [-0.1, -0.05) is 22.9 Å². The van der Waals surface area contributed by atoms with Gasteiger partial charge in [0.2, 0.25) is 5.91 Å². The van der Waals surface area contributed by atoms with Gasteiger partial charge in [0.1, 0.15) is 16.8 Å². The van der Waals surface area contributed by atoms with Gasteiger partial charge in [0.25, 0.3) is 5.91 Å². The highest BCUT2D eigenvalue weighted by Gasteiger charge is 2.30. The Balaban J connectivity index is 1.43. The van der Waals surface area contributed by atoms with Gasteiger partial charge in [-0.25, -0.2) is 9.97 Å². The monoisotopic (exact) mass is 471 g/mol. The Kier molecular flexibility index (Phi) is 5.27. The van der Waals surface area contributed by atoms with Gasteiger partial charge in [-0.3, -0.25) is 19.3 Å². The van der Waals surface area contributed by atoms with Crippen LogP contribution in [-0.2, 0) is 9.59 Å². The van der Waals surface area contributed by atoms with E-state index in [0.717, 1.165) is 28.8 Å². The molecule has 164 valence electrons. The molecule has 3 N–H and O–H groups in total. The van der Waals surface area contributed by atoms with Gasteiger partial charge in [0, 0.05) is 18.5 Å². The average Bonchev–Trinajstić information content (AvgIpc) is 3.22. The number of benzene rings is 1. The fourth-order valence-electron chi connectivity index (χ4n) is 3.15. The number of imidazole rings is 1. The van der Waals surface area contributed by atoms with E-state index in [1.807, 2.05) is 0 Å². The molecule has 0 aliphatic heterocycles. The van der Waals surface area contributed by atoms with E-state index >= 15 is 0 Å². The van der Waals surface area contributed by atoms with Crippen molar-refractivity contribution in [2.24, 2.45) is 5.92 Å². The highest BCUT2D eigenvalue weighted by molar-refractivity contribution is 7.22. The number of aromatic amines is 1. The second-order valence-corrected chi connectivity index (χ2v) is 8.67. The molecular weight excluding hydrogens is 454 g/mol. The van der Waals surface area contributed by atoms with E-state index in [4.69, 9.17) is 16.3 Å². The van der Waals surface area contributed by atoms with Crippen LogP contribution in [0.3, 0.4) is 0 Å². The molecule has 5 rings (SSSR count). The van der Waals surface area contributed by atoms with Crippen molar-refractivity contribution >= 4 is 50.2 Å². The largest absolute Gasteiger partial charge is 0.484 e. The number of fused-ring (bicyclic) bond motifs is 1. The minimum absolute atomic E-state index is 0.00439. The molecule has 3 heterocycles. The Morgan fingerprint density at radius 3 is 2.97 bits per heavy atom. The number of aromatic nitrogens is 5. The number of nitrogens with one attached hydrogen (secondary N) is 3. The number of anilines is 1. The lowest BCUT2D eigenvalue weighted by molar-refractivity contribution is -0.122. The third kappa shape index (κ3) is 3.92. The number of carbonyl (C=O) groups excluding carboxylic acids is 2. The molecular formula is C20H18ClN7O3S. The van der Waals surface area contributed by atoms with Crippen molar-refractivity contribution in [3.05, 3.63) is 35.7 Å². The first-order valence-electron chi connectivity index (χ1n) is 9.85. The topological polar surface area (TPSA) is 127 Å². The first-order chi connectivity index (χ1) is 15.5. The summed E-state index contributed by atoms with van der Waals surface area (Å²) >= 11 is 7.86. The number of nitrogens with zero attached hydrogens (tertiary/aromatic N) is 4. The number of ether oxygens (including phenoxy) is 1. The quantitative estimate of drug-likeness (QED) is 0.380. The summed E-state index contributed by atoms with van der Waals surface area (Å²) in [6.07, 6.45) is 5.18. The Morgan fingerprint density at radius 1 is 1.38 bits per heavy atom. The molecule has 0 atom stereocenters. The minimum Gasteiger partial charge on any atom is -0.484 e. The van der Waals surface area contributed by atoms with Crippen LogP contribution in [0.5, 0.6) is 5.75 Å². The van der Waals surface area contributed by atoms with Crippen molar-refractivity contribution in [3.8, 4) is 22.8 Å². The molecule has 0 saturated heterocycles. The van der Waals surface area contributed by atoms with Gasteiger partial charge >= 0.3 is 0 Å². The van der Waals surface area contributed by atoms with Crippen molar-refractivity contribution < 1.29 is 14.3 Å². The molecule has 2 amide bonds. The van der Waals surface area contributed by atoms with Crippen molar-refractivity contribution in [2.75, 3.05) is 19.0 Å². The summed E-state index contributed by atoms with van der Waals surface area (Å²) in [5.74, 6) is 0.954. The van der Waals surface area contributed by atoms with Crippen LogP contribution in [0.15, 0.2) is 30.7 Å². The number of halogens is 1. The van der Waals surface area contributed by atoms with Gasteiger partial charge in [-0.2, -0.15) is 5.10 Å². The molecule has 1 aliphatic carbocycles. The van der Waals surface area contributed by atoms with E-state index in [-0.39, 0.29) is 24.3 Å². The standard InChI is InChI=1S/C20H18ClN7O3S/c1-22-15(29)8-31-11-4-5-12(13(21)6-11)14-7-23-9-28(14)18-16-17(26-27-18)24-20(32-16)25-19(30)10-2-3-10/h4-7,9-10H,2-3,8H2,1H3,(H,22,29)(H2,24,25,26,27,30). The number of carbonyl (C=O) groups is 2. The van der Waals surface area contributed by atoms with Gasteiger partial charge in [-0.15, -0.1) is 0 Å². The molecule has 10 nitrogen and oxygen atoms in total. The Bertz CT molecular complexity index is 1320. The summed E-state index contributed by atoms with van der Waals surface area (Å²) < 4.78 is 8.04. The predicted molar refractivity (Wildman–Crippen MR) is 120 cm³/mol. The lowest BCUT2D eigenvalue weighted by atomic mass is 10.1. The number of hydrogen-bond donors (Lipinski definition) is 3. The first-order valence-corrected chi connectivity index (χ1v) is 11.0. The van der Waals surface area contributed by atoms with E-state index in [0.29, 0.717) is 27.4 Å². The third-order valence-electron chi connectivity index (χ3n) is 5.01. The lowest BCUT2D eigenvalue weighted by Crippen LogP contribution is -2.24. The van der Waals surface area contributed by atoms with Crippen LogP contribution < -0.4 is 15.4 Å². The number of H-pyrrole nitrogens is 1. The van der Waals surface area contributed by atoms with Gasteiger partial charge < -0.3 is 15.4 Å². The van der Waals surface area contributed by atoms with E-state index in [1.165, 1.54) is 11.3 Å². The zero-order valence-electron chi connectivity index (χ0n) is 16.9. The Hall–Kier alpha value is -3.44. The summed E-state index contributed by atoms with van der Waals surface area (Å²) in [4.78, 5) is 32.1. The predicted octanol–water partition coefficient (Wildman–Crippen LogP) is 3.00. The van der Waals surface area contributed by atoms with Crippen LogP contribution >= 0.6 is 22.9 Å². The minimum atomic E-state index is -0.233. The van der Waals surface area contributed by atoms with E-state index in [2.05, 4.69) is 30.8 Å². The number of thiazole rings is 1. The Labute approximate surface area is 191 Å². The number of likely N-dealkylation sites (N-methyl/N-ethyl adjacent to an activating group) is 1. The molecule has 1 aliphatic rings. The van der Waals surface area contributed by atoms with Gasteiger partial charge in [0.05, 0.1) is 16.9 Å². The second kappa shape index (κ2) is 8.24. The summed E-state index contributed by atoms with van der Waals surface area (Å²) in [5, 5.41) is 13.6. The fraction of sp³-hybridized carbons (Fsp3) is 0.250. The lowest BCUT2D eigenvalue weighted by Gasteiger charge is -2.10. The van der Waals surface area contributed by atoms with Crippen LogP contribution in [0.1, 0.15) is 12.8 Å². The molecule has 0 spiro atoms. The highest BCUT2D eigenvalue weighted by atomic mass is 35.5. The molecule has 1 saturated carbocycles. The molecule has 0 radical (unpaired) electrons. The van der Waals surface area contributed by atoms with Crippen molar-refractivity contribution in [1.29, 1.82) is 0 Å². The molecule has 1 fully saturated rings. The molecule has 0 bridgehead atoms. The van der Waals surface area contributed by atoms with Crippen LogP contribution in [-0.4, -0.2) is 50.2 Å². The van der Waals surface area contributed by atoms with Crippen molar-refractivity contribution in [2.45, 2.75) is 12.8 Å². The molecule has 3 aromatic heterocycles. The SMILES string of the molecule is CNC(=O)COc1ccc(-c2cncn2-c2n[nH]c3nc(NC(=O)C4CC4)sc23)c(Cl)c1. The third-order valence-corrected chi connectivity index (χ3v) is 6.29. The van der Waals surface area contributed by atoms with E-state index in [9.17, 15) is 9.59 Å². The summed E-state index contributed by atoms with van der Waals surface area (Å²) in [7, 11) is 1.54. The average molecular weight is 472 g/mol. The maximum atomic E-state index is 12.1. The molecule has 12 heteroatoms. The van der Waals surface area contributed by atoms with E-state index in [1.54, 1.807) is 42.3 Å². The Morgan fingerprint density at radius 2 is 2.22 bits per heavy atom. The molecule has 32 heavy (non-hydrogen) atoms. The maximum absolute atomic E-state index is 12.1. The van der Waals surface area contributed by atoms with Crippen LogP contribution in [0.2, 0.25) is 5.02 Å². The maximum Gasteiger partial charge on any atom is 0.257 e. The van der Waals surface area contributed by atoms with Crippen molar-refractivity contribution in [3.63, 3.8) is 0 Å². The van der Waals surface area contributed by atoms with Crippen LogP contribution in [0.25, 0.3) is 27.4 Å². The summed E-state index contributed by atoms with van der Waals surface area (Å²) in [6, 6.07) is 5.18. The molecule has 0 unspecified atom stereocenters. The highest BCUT2D eigenvalue weighted by Crippen LogP contribution is 2.36. The fourth-order valence-corrected chi connectivity index (χ4v) is 4.32. The molecule has 1 aromatic carbocycles. The molecule has 4 aromatic rings. The zero-order valence-corrected chi connectivity index (χ0v) is 18.5. The first kappa shape index (κ1) is 20.5. The normalized spacial score (nSPS) is 13.3. The smallest absolute Gasteiger partial charge is 0.257 e. The van der Waals surface area contributed by atoms with Gasteiger partial charge in [0.15, 0.2) is 23.2 Å². The summed E-state index contributed by atoms with van der Waals surface area (Å²) in [5.41, 5.74) is 2.03. The van der Waals surface area contributed by atoms with Gasteiger partial charge in [-0.05, 0) is 31.0 Å². The zero-order chi connectivity index (χ0) is 22.2.